The SMILES string of the molecule is CCC[C@@H](NC(=O)Cc1c(C)c2cc3c(C)coc3c(C)c2oc1=O)C(=O)N[C@H](CSCc1ccccc1)C(=O)O. The molecule has 0 unspecified atom stereocenters. The predicted octanol–water partition coefficient (Wildman–Crippen LogP) is 4.79. The number of thioether (sulfide) groups is 1. The van der Waals surface area contributed by atoms with Crippen LogP contribution in [0.1, 0.15) is 47.6 Å². The quantitative estimate of drug-likeness (QED) is 0.204. The summed E-state index contributed by atoms with van der Waals surface area (Å²) in [5, 5.41) is 16.5. The van der Waals surface area contributed by atoms with E-state index < -0.39 is 35.5 Å². The highest BCUT2D eigenvalue weighted by Crippen LogP contribution is 2.32. The standard InChI is InChI=1S/C31H34N2O7S/c1-5-9-24(29(35)33-25(30(36)37)16-41-15-20-10-7-6-8-11-20)32-26(34)13-23-18(3)22-12-21-17(2)14-39-27(21)19(4)28(22)40-31(23)38/h6-8,10-12,14,24-25H,5,9,13,15-16H2,1-4H3,(H,32,34)(H,33,35)(H,36,37)/t24-,25-/m1/s1. The molecular formula is C31H34N2O7S. The zero-order chi connectivity index (χ0) is 29.7. The predicted molar refractivity (Wildman–Crippen MR) is 159 cm³/mol. The van der Waals surface area contributed by atoms with Gasteiger partial charge in [0.05, 0.1) is 18.2 Å². The lowest BCUT2D eigenvalue weighted by Gasteiger charge is -2.21. The Bertz CT molecular complexity index is 1640. The second-order valence-corrected chi connectivity index (χ2v) is 11.2. The summed E-state index contributed by atoms with van der Waals surface area (Å²) < 4.78 is 11.3. The minimum absolute atomic E-state index is 0.170. The van der Waals surface area contributed by atoms with Gasteiger partial charge in [-0.2, -0.15) is 11.8 Å². The largest absolute Gasteiger partial charge is 0.480 e. The molecule has 2 aromatic heterocycles. The number of carboxylic acids is 1. The van der Waals surface area contributed by atoms with Gasteiger partial charge in [-0.15, -0.1) is 0 Å². The van der Waals surface area contributed by atoms with Crippen molar-refractivity contribution in [3.8, 4) is 0 Å². The number of hydrogen-bond acceptors (Lipinski definition) is 7. The number of hydrogen-bond donors (Lipinski definition) is 3. The van der Waals surface area contributed by atoms with Gasteiger partial charge in [0.2, 0.25) is 11.8 Å². The van der Waals surface area contributed by atoms with Gasteiger partial charge in [-0.05, 0) is 49.9 Å². The van der Waals surface area contributed by atoms with Gasteiger partial charge in [0.1, 0.15) is 23.2 Å². The molecule has 0 spiro atoms. The summed E-state index contributed by atoms with van der Waals surface area (Å²) >= 11 is 1.40. The normalized spacial score (nSPS) is 12.8. The maximum absolute atomic E-state index is 13.1. The number of furan rings is 1. The van der Waals surface area contributed by atoms with E-state index in [0.29, 0.717) is 46.3 Å². The van der Waals surface area contributed by atoms with Crippen molar-refractivity contribution >= 4 is 51.5 Å². The lowest BCUT2D eigenvalue weighted by atomic mass is 9.99. The Hall–Kier alpha value is -4.05. The Labute approximate surface area is 241 Å². The summed E-state index contributed by atoms with van der Waals surface area (Å²) in [6.07, 6.45) is 2.25. The van der Waals surface area contributed by atoms with Crippen LogP contribution >= 0.6 is 11.8 Å². The Balaban J connectivity index is 1.46. The molecule has 41 heavy (non-hydrogen) atoms. The minimum Gasteiger partial charge on any atom is -0.480 e. The van der Waals surface area contributed by atoms with Crippen LogP contribution in [-0.4, -0.2) is 40.7 Å². The van der Waals surface area contributed by atoms with Gasteiger partial charge >= 0.3 is 11.6 Å². The van der Waals surface area contributed by atoms with Crippen LogP contribution in [0.5, 0.6) is 0 Å². The zero-order valence-corrected chi connectivity index (χ0v) is 24.4. The van der Waals surface area contributed by atoms with Gasteiger partial charge in [-0.1, -0.05) is 43.7 Å². The van der Waals surface area contributed by atoms with E-state index in [1.165, 1.54) is 11.8 Å². The van der Waals surface area contributed by atoms with E-state index >= 15 is 0 Å². The fourth-order valence-electron chi connectivity index (χ4n) is 4.80. The van der Waals surface area contributed by atoms with Crippen LogP contribution in [0, 0.1) is 20.8 Å². The van der Waals surface area contributed by atoms with E-state index in [0.717, 1.165) is 16.5 Å². The summed E-state index contributed by atoms with van der Waals surface area (Å²) in [7, 11) is 0. The Kier molecular flexibility index (Phi) is 9.54. The molecule has 4 aromatic rings. The molecule has 2 amide bonds. The van der Waals surface area contributed by atoms with E-state index in [1.54, 1.807) is 13.2 Å². The highest BCUT2D eigenvalue weighted by Gasteiger charge is 2.27. The summed E-state index contributed by atoms with van der Waals surface area (Å²) in [5.41, 5.74) is 3.95. The highest BCUT2D eigenvalue weighted by molar-refractivity contribution is 7.98. The second kappa shape index (κ2) is 13.1. The van der Waals surface area contributed by atoms with Crippen LogP contribution in [0.25, 0.3) is 21.9 Å². The summed E-state index contributed by atoms with van der Waals surface area (Å²) in [6, 6.07) is 9.46. The Morgan fingerprint density at radius 3 is 2.39 bits per heavy atom. The number of carbonyl (C=O) groups excluding carboxylic acids is 2. The monoisotopic (exact) mass is 578 g/mol. The van der Waals surface area contributed by atoms with Gasteiger partial charge in [-0.25, -0.2) is 9.59 Å². The topological polar surface area (TPSA) is 139 Å². The number of benzene rings is 2. The third-order valence-corrected chi connectivity index (χ3v) is 8.22. The smallest absolute Gasteiger partial charge is 0.340 e. The number of fused-ring (bicyclic) bond motifs is 2. The molecule has 0 radical (unpaired) electrons. The molecule has 0 aliphatic rings. The molecule has 2 heterocycles. The number of aliphatic carboxylic acids is 1. The van der Waals surface area contributed by atoms with E-state index in [9.17, 15) is 24.3 Å². The minimum atomic E-state index is -1.15. The molecule has 0 saturated carbocycles. The van der Waals surface area contributed by atoms with Crippen molar-refractivity contribution in [1.29, 1.82) is 0 Å². The first-order valence-corrected chi connectivity index (χ1v) is 14.6. The van der Waals surface area contributed by atoms with Crippen LogP contribution in [-0.2, 0) is 26.6 Å². The third-order valence-electron chi connectivity index (χ3n) is 7.11. The molecular weight excluding hydrogens is 544 g/mol. The second-order valence-electron chi connectivity index (χ2n) is 10.2. The lowest BCUT2D eigenvalue weighted by Crippen LogP contribution is -2.52. The number of carboxylic acid groups (broad SMARTS) is 1. The maximum Gasteiger partial charge on any atom is 0.340 e. The van der Waals surface area contributed by atoms with Crippen molar-refractivity contribution in [2.24, 2.45) is 0 Å². The number of amides is 2. The number of nitrogens with one attached hydrogen (secondary N) is 2. The summed E-state index contributed by atoms with van der Waals surface area (Å²) in [6.45, 7) is 7.37. The van der Waals surface area contributed by atoms with Gasteiger partial charge in [-0.3, -0.25) is 9.59 Å². The Morgan fingerprint density at radius 2 is 1.71 bits per heavy atom. The zero-order valence-electron chi connectivity index (χ0n) is 23.5. The Morgan fingerprint density at radius 1 is 0.976 bits per heavy atom. The maximum atomic E-state index is 13.1. The molecule has 9 nitrogen and oxygen atoms in total. The van der Waals surface area contributed by atoms with Crippen molar-refractivity contribution < 1.29 is 28.3 Å². The van der Waals surface area contributed by atoms with Gasteiger partial charge < -0.3 is 24.6 Å². The fourth-order valence-corrected chi connectivity index (χ4v) is 5.81. The van der Waals surface area contributed by atoms with Gasteiger partial charge in [0.15, 0.2) is 0 Å². The lowest BCUT2D eigenvalue weighted by molar-refractivity contribution is -0.141. The fraction of sp³-hybridized carbons (Fsp3) is 0.355. The molecule has 216 valence electrons. The van der Waals surface area contributed by atoms with Crippen molar-refractivity contribution in [2.75, 3.05) is 5.75 Å². The van der Waals surface area contributed by atoms with Crippen molar-refractivity contribution in [3.05, 3.63) is 80.9 Å². The molecule has 0 fully saturated rings. The van der Waals surface area contributed by atoms with Gasteiger partial charge in [0.25, 0.3) is 0 Å². The average Bonchev–Trinajstić information content (AvgIpc) is 3.32. The van der Waals surface area contributed by atoms with E-state index in [1.807, 2.05) is 57.2 Å². The molecule has 0 aliphatic heterocycles. The van der Waals surface area contributed by atoms with Crippen molar-refractivity contribution in [3.63, 3.8) is 0 Å². The van der Waals surface area contributed by atoms with Crippen LogP contribution in [0.3, 0.4) is 0 Å². The summed E-state index contributed by atoms with van der Waals surface area (Å²) in [4.78, 5) is 50.9. The van der Waals surface area contributed by atoms with Crippen molar-refractivity contribution in [2.45, 2.75) is 64.8 Å². The van der Waals surface area contributed by atoms with Crippen molar-refractivity contribution in [1.82, 2.24) is 10.6 Å². The van der Waals surface area contributed by atoms with E-state index in [-0.39, 0.29) is 17.7 Å². The first-order valence-electron chi connectivity index (χ1n) is 13.5. The molecule has 3 N–H and O–H groups in total. The summed E-state index contributed by atoms with van der Waals surface area (Å²) in [5.74, 6) is -1.49. The molecule has 0 bridgehead atoms. The molecule has 4 rings (SSSR count). The molecule has 2 atom stereocenters. The first-order chi connectivity index (χ1) is 19.6. The number of rotatable bonds is 12. The first kappa shape index (κ1) is 29.9. The number of aryl methyl sites for hydroxylation is 3. The van der Waals surface area contributed by atoms with Gasteiger partial charge in [0, 0.05) is 27.8 Å². The molecule has 0 saturated heterocycles. The third kappa shape index (κ3) is 6.82. The van der Waals surface area contributed by atoms with Crippen LogP contribution < -0.4 is 16.3 Å². The van der Waals surface area contributed by atoms with Crippen LogP contribution in [0.4, 0.5) is 0 Å². The van der Waals surface area contributed by atoms with Crippen LogP contribution in [0.2, 0.25) is 0 Å². The molecule has 2 aromatic carbocycles. The highest BCUT2D eigenvalue weighted by atomic mass is 32.2. The van der Waals surface area contributed by atoms with Crippen LogP contribution in [0.15, 0.2) is 56.3 Å². The number of carbonyl (C=O) groups is 3. The molecule has 0 aliphatic carbocycles. The van der Waals surface area contributed by atoms with E-state index in [2.05, 4.69) is 10.6 Å². The van der Waals surface area contributed by atoms with E-state index in [4.69, 9.17) is 8.83 Å². The average molecular weight is 579 g/mol. The molecule has 10 heteroatoms.